The maximum atomic E-state index is 3.47. The summed E-state index contributed by atoms with van der Waals surface area (Å²) in [6.07, 6.45) is 11.2. The van der Waals surface area contributed by atoms with Gasteiger partial charge in [0.25, 0.3) is 0 Å². The fraction of sp³-hybridized carbons (Fsp3) is 0.556. The van der Waals surface area contributed by atoms with Crippen molar-refractivity contribution in [3.63, 3.8) is 0 Å². The molecule has 0 fully saturated rings. The van der Waals surface area contributed by atoms with Crippen LogP contribution in [0.4, 0.5) is 0 Å². The summed E-state index contributed by atoms with van der Waals surface area (Å²) in [6, 6.07) is 10.7. The number of hydrogen-bond acceptors (Lipinski definition) is 2. The van der Waals surface area contributed by atoms with Crippen molar-refractivity contribution >= 4 is 32.5 Å². The first kappa shape index (κ1) is 16.8. The molecule has 0 amide bonds. The van der Waals surface area contributed by atoms with Crippen molar-refractivity contribution in [2.75, 3.05) is 5.75 Å². The van der Waals surface area contributed by atoms with Gasteiger partial charge >= 0.3 is 0 Å². The second-order valence-electron chi connectivity index (χ2n) is 5.60. The lowest BCUT2D eigenvalue weighted by molar-refractivity contribution is 0.586. The van der Waals surface area contributed by atoms with E-state index in [2.05, 4.69) is 42.2 Å². The quantitative estimate of drug-likeness (QED) is 0.352. The Morgan fingerprint density at radius 3 is 2.38 bits per heavy atom. The molecule has 0 radical (unpaired) electrons. The Balaban J connectivity index is 1.50. The monoisotopic (exact) mass is 321 g/mol. The molecule has 0 atom stereocenters. The Kier molecular flexibility index (Phi) is 8.20. The summed E-state index contributed by atoms with van der Waals surface area (Å²) >= 11 is 0. The normalized spacial score (nSPS) is 11.3. The molecule has 0 saturated carbocycles. The van der Waals surface area contributed by atoms with E-state index in [4.69, 9.17) is 0 Å². The van der Waals surface area contributed by atoms with Crippen molar-refractivity contribution in [2.45, 2.75) is 63.3 Å². The molecule has 0 bridgehead atoms. The Hall–Kier alpha value is -0.540. The summed E-state index contributed by atoms with van der Waals surface area (Å²) in [7, 11) is 3.86. The zero-order valence-electron chi connectivity index (χ0n) is 13.1. The second kappa shape index (κ2) is 10.2. The molecule has 2 rings (SSSR count). The number of fused-ring (bicyclic) bond motifs is 1. The van der Waals surface area contributed by atoms with Crippen molar-refractivity contribution in [1.82, 2.24) is 4.98 Å². The Morgan fingerprint density at radius 2 is 1.62 bits per heavy atom. The third-order valence-electron chi connectivity index (χ3n) is 3.74. The number of aromatic nitrogens is 1. The average Bonchev–Trinajstić information content (AvgIpc) is 2.92. The number of aromatic amines is 1. The number of benzene rings is 1. The molecule has 116 valence electrons. The minimum Gasteiger partial charge on any atom is -0.349 e. The molecule has 1 N–H and O–H groups in total. The lowest BCUT2D eigenvalue weighted by Gasteiger charge is -2.01. The smallest absolute Gasteiger partial charge is 0.0840 e. The molecule has 0 aliphatic heterocycles. The predicted molar refractivity (Wildman–Crippen MR) is 99.2 cm³/mol. The highest BCUT2D eigenvalue weighted by Crippen LogP contribution is 2.33. The van der Waals surface area contributed by atoms with Gasteiger partial charge in [-0.1, -0.05) is 80.9 Å². The van der Waals surface area contributed by atoms with E-state index in [-0.39, 0.29) is 0 Å². The molecule has 0 spiro atoms. The van der Waals surface area contributed by atoms with Crippen LogP contribution in [-0.4, -0.2) is 10.7 Å². The van der Waals surface area contributed by atoms with E-state index in [0.717, 1.165) is 0 Å². The van der Waals surface area contributed by atoms with Crippen LogP contribution in [0.3, 0.4) is 0 Å². The van der Waals surface area contributed by atoms with Crippen LogP contribution in [0.25, 0.3) is 10.9 Å². The fourth-order valence-corrected chi connectivity index (χ4v) is 4.60. The van der Waals surface area contributed by atoms with E-state index >= 15 is 0 Å². The van der Waals surface area contributed by atoms with E-state index in [1.165, 1.54) is 73.0 Å². The summed E-state index contributed by atoms with van der Waals surface area (Å²) in [5.74, 6) is 1.26. The zero-order chi connectivity index (χ0) is 14.8. The minimum atomic E-state index is 1.24. The summed E-state index contributed by atoms with van der Waals surface area (Å²) < 4.78 is 0. The van der Waals surface area contributed by atoms with Crippen LogP contribution in [0.15, 0.2) is 35.4 Å². The van der Waals surface area contributed by atoms with Crippen LogP contribution in [0.5, 0.6) is 0 Å². The highest BCUT2D eigenvalue weighted by atomic mass is 33.1. The molecule has 1 nitrogen and oxygen atoms in total. The Labute approximate surface area is 137 Å². The number of nitrogens with one attached hydrogen (secondary N) is 1. The van der Waals surface area contributed by atoms with Crippen molar-refractivity contribution in [3.8, 4) is 0 Å². The molecule has 1 aromatic carbocycles. The molecule has 0 saturated heterocycles. The highest BCUT2D eigenvalue weighted by Gasteiger charge is 2.00. The van der Waals surface area contributed by atoms with E-state index in [0.29, 0.717) is 0 Å². The van der Waals surface area contributed by atoms with Gasteiger partial charge in [0.2, 0.25) is 0 Å². The van der Waals surface area contributed by atoms with Gasteiger partial charge in [0.15, 0.2) is 0 Å². The van der Waals surface area contributed by atoms with Crippen LogP contribution < -0.4 is 0 Å². The van der Waals surface area contributed by atoms with Gasteiger partial charge in [0, 0.05) is 16.7 Å². The third-order valence-corrected chi connectivity index (χ3v) is 6.10. The van der Waals surface area contributed by atoms with Gasteiger partial charge in [-0.05, 0) is 29.3 Å². The lowest BCUT2D eigenvalue weighted by Crippen LogP contribution is -1.82. The van der Waals surface area contributed by atoms with E-state index < -0.39 is 0 Å². The molecule has 1 aromatic heterocycles. The van der Waals surface area contributed by atoms with Crippen molar-refractivity contribution in [3.05, 3.63) is 30.3 Å². The molecule has 1 heterocycles. The number of rotatable bonds is 11. The molecule has 0 unspecified atom stereocenters. The maximum absolute atomic E-state index is 3.47. The number of hydrogen-bond donors (Lipinski definition) is 1. The molecule has 21 heavy (non-hydrogen) atoms. The van der Waals surface area contributed by atoms with E-state index in [1.807, 2.05) is 21.6 Å². The standard InChI is InChI=1S/C18H27NS2/c1-2-3-4-5-6-7-8-11-14-20-21-18-15-16-12-9-10-13-17(16)19-18/h9-10,12-13,15,19H,2-8,11,14H2,1H3. The van der Waals surface area contributed by atoms with Crippen LogP contribution in [-0.2, 0) is 0 Å². The van der Waals surface area contributed by atoms with Gasteiger partial charge in [0.05, 0.1) is 5.03 Å². The van der Waals surface area contributed by atoms with Crippen LogP contribution in [0.1, 0.15) is 58.3 Å². The summed E-state index contributed by atoms with van der Waals surface area (Å²) in [5.41, 5.74) is 1.24. The van der Waals surface area contributed by atoms with Gasteiger partial charge in [0.1, 0.15) is 0 Å². The Bertz CT molecular complexity index is 474. The van der Waals surface area contributed by atoms with E-state index in [9.17, 15) is 0 Å². The Morgan fingerprint density at radius 1 is 0.905 bits per heavy atom. The van der Waals surface area contributed by atoms with Gasteiger partial charge < -0.3 is 4.98 Å². The largest absolute Gasteiger partial charge is 0.349 e. The second-order valence-corrected chi connectivity index (χ2v) is 8.06. The van der Waals surface area contributed by atoms with Crippen LogP contribution >= 0.6 is 21.6 Å². The number of para-hydroxylation sites is 1. The first-order valence-electron chi connectivity index (χ1n) is 8.27. The van der Waals surface area contributed by atoms with Crippen molar-refractivity contribution in [1.29, 1.82) is 0 Å². The minimum absolute atomic E-state index is 1.24. The van der Waals surface area contributed by atoms with E-state index in [1.54, 1.807) is 0 Å². The summed E-state index contributed by atoms with van der Waals surface area (Å²) in [5, 5.41) is 2.59. The van der Waals surface area contributed by atoms with Crippen molar-refractivity contribution in [2.24, 2.45) is 0 Å². The number of unbranched alkanes of at least 4 members (excludes halogenated alkanes) is 7. The molecule has 3 heteroatoms. The topological polar surface area (TPSA) is 15.8 Å². The first-order valence-corrected chi connectivity index (χ1v) is 10.6. The summed E-state index contributed by atoms with van der Waals surface area (Å²) in [6.45, 7) is 2.28. The number of H-pyrrole nitrogens is 1. The fourth-order valence-electron chi connectivity index (χ4n) is 2.49. The van der Waals surface area contributed by atoms with Crippen LogP contribution in [0.2, 0.25) is 0 Å². The third kappa shape index (κ3) is 6.39. The van der Waals surface area contributed by atoms with Crippen molar-refractivity contribution < 1.29 is 0 Å². The van der Waals surface area contributed by atoms with Gasteiger partial charge in [-0.2, -0.15) is 0 Å². The molecular weight excluding hydrogens is 294 g/mol. The summed E-state index contributed by atoms with van der Waals surface area (Å²) in [4.78, 5) is 3.47. The maximum Gasteiger partial charge on any atom is 0.0840 e. The van der Waals surface area contributed by atoms with Gasteiger partial charge in [-0.15, -0.1) is 0 Å². The zero-order valence-corrected chi connectivity index (χ0v) is 14.7. The molecule has 2 aromatic rings. The molecule has 0 aliphatic carbocycles. The molecule has 0 aliphatic rings. The molecular formula is C18H27NS2. The lowest BCUT2D eigenvalue weighted by atomic mass is 10.1. The predicted octanol–water partition coefficient (Wildman–Crippen LogP) is 7.05. The first-order chi connectivity index (χ1) is 10.4. The van der Waals surface area contributed by atoms with Gasteiger partial charge in [-0.3, -0.25) is 0 Å². The average molecular weight is 322 g/mol. The van der Waals surface area contributed by atoms with Crippen LogP contribution in [0, 0.1) is 0 Å². The SMILES string of the molecule is CCCCCCCCCCSSc1cc2ccccc2[nH]1. The highest BCUT2D eigenvalue weighted by molar-refractivity contribution is 8.76. The van der Waals surface area contributed by atoms with Gasteiger partial charge in [-0.25, -0.2) is 0 Å².